The highest BCUT2D eigenvalue weighted by Gasteiger charge is 2.10. The summed E-state index contributed by atoms with van der Waals surface area (Å²) in [6.45, 7) is 7.30. The van der Waals surface area contributed by atoms with Gasteiger partial charge >= 0.3 is 0 Å². The van der Waals surface area contributed by atoms with Crippen LogP contribution in [0.3, 0.4) is 0 Å². The molecule has 0 unspecified atom stereocenters. The van der Waals surface area contributed by atoms with Gasteiger partial charge in [-0.25, -0.2) is 0 Å². The van der Waals surface area contributed by atoms with Crippen LogP contribution in [-0.2, 0) is 6.54 Å². The third kappa shape index (κ3) is 3.99. The predicted molar refractivity (Wildman–Crippen MR) is 90.2 cm³/mol. The van der Waals surface area contributed by atoms with Crippen molar-refractivity contribution < 1.29 is 4.74 Å². The summed E-state index contributed by atoms with van der Waals surface area (Å²) in [5, 5.41) is 4.15. The fraction of sp³-hybridized carbons (Fsp3) is 0.333. The molecule has 3 heteroatoms. The topological polar surface area (TPSA) is 21.3 Å². The van der Waals surface area contributed by atoms with Crippen molar-refractivity contribution in [3.63, 3.8) is 0 Å². The number of methoxy groups -OCH3 is 1. The third-order valence-electron chi connectivity index (χ3n) is 3.46. The normalized spacial score (nSPS) is 11.0. The van der Waals surface area contributed by atoms with Gasteiger partial charge in [0.2, 0.25) is 0 Å². The standard InChI is InChI=1S/C18H22ClNO/c1-12(2)20-11-14-5-7-16(13(3)9-14)17-10-15(19)6-8-18(17)21-4/h5-10,12,20H,11H2,1-4H3. The van der Waals surface area contributed by atoms with Gasteiger partial charge in [-0.2, -0.15) is 0 Å². The molecule has 0 heterocycles. The summed E-state index contributed by atoms with van der Waals surface area (Å²) in [6, 6.07) is 12.7. The second-order valence-corrected chi connectivity index (χ2v) is 5.97. The number of hydrogen-bond acceptors (Lipinski definition) is 2. The first-order valence-electron chi connectivity index (χ1n) is 7.18. The number of hydrogen-bond donors (Lipinski definition) is 1. The fourth-order valence-corrected chi connectivity index (χ4v) is 2.52. The fourth-order valence-electron chi connectivity index (χ4n) is 2.35. The number of nitrogens with one attached hydrogen (secondary N) is 1. The number of benzene rings is 2. The molecule has 1 N–H and O–H groups in total. The zero-order valence-electron chi connectivity index (χ0n) is 13.0. The zero-order valence-corrected chi connectivity index (χ0v) is 13.8. The van der Waals surface area contributed by atoms with Crippen LogP contribution < -0.4 is 10.1 Å². The minimum absolute atomic E-state index is 0.484. The highest BCUT2D eigenvalue weighted by atomic mass is 35.5. The minimum atomic E-state index is 0.484. The molecule has 0 saturated carbocycles. The van der Waals surface area contributed by atoms with Crippen LogP contribution in [0.1, 0.15) is 25.0 Å². The Kier molecular flexibility index (Phi) is 5.27. The first-order chi connectivity index (χ1) is 10.0. The maximum Gasteiger partial charge on any atom is 0.126 e. The molecule has 0 saturated heterocycles. The monoisotopic (exact) mass is 303 g/mol. The average molecular weight is 304 g/mol. The molecule has 0 aliphatic heterocycles. The molecule has 0 atom stereocenters. The van der Waals surface area contributed by atoms with Gasteiger partial charge in [0.25, 0.3) is 0 Å². The van der Waals surface area contributed by atoms with Crippen LogP contribution in [0.15, 0.2) is 36.4 Å². The number of aryl methyl sites for hydroxylation is 1. The molecule has 2 rings (SSSR count). The van der Waals surface area contributed by atoms with E-state index in [9.17, 15) is 0 Å². The van der Waals surface area contributed by atoms with Crippen molar-refractivity contribution in [3.05, 3.63) is 52.5 Å². The molecule has 0 aromatic heterocycles. The van der Waals surface area contributed by atoms with E-state index in [1.165, 1.54) is 11.1 Å². The predicted octanol–water partition coefficient (Wildman–Crippen LogP) is 4.82. The lowest BCUT2D eigenvalue weighted by Gasteiger charge is -2.14. The van der Waals surface area contributed by atoms with Gasteiger partial charge in [0.05, 0.1) is 7.11 Å². The molecule has 2 nitrogen and oxygen atoms in total. The van der Waals surface area contributed by atoms with Gasteiger partial charge in [0, 0.05) is 23.2 Å². The van der Waals surface area contributed by atoms with Crippen LogP contribution >= 0.6 is 11.6 Å². The smallest absolute Gasteiger partial charge is 0.126 e. The highest BCUT2D eigenvalue weighted by Crippen LogP contribution is 2.34. The lowest BCUT2D eigenvalue weighted by molar-refractivity contribution is 0.416. The van der Waals surface area contributed by atoms with Gasteiger partial charge in [-0.15, -0.1) is 0 Å². The number of halogens is 1. The Bertz CT molecular complexity index is 623. The molecule has 0 aliphatic rings. The Hall–Kier alpha value is -1.51. The van der Waals surface area contributed by atoms with Gasteiger partial charge in [-0.05, 0) is 41.8 Å². The van der Waals surface area contributed by atoms with E-state index in [1.54, 1.807) is 7.11 Å². The van der Waals surface area contributed by atoms with Crippen LogP contribution in [0.25, 0.3) is 11.1 Å². The Morgan fingerprint density at radius 1 is 1.10 bits per heavy atom. The molecule has 0 amide bonds. The Morgan fingerprint density at radius 2 is 1.86 bits per heavy atom. The second kappa shape index (κ2) is 6.97. The second-order valence-electron chi connectivity index (χ2n) is 5.53. The van der Waals surface area contributed by atoms with Gasteiger partial charge in [0.1, 0.15) is 5.75 Å². The van der Waals surface area contributed by atoms with Gasteiger partial charge in [-0.3, -0.25) is 0 Å². The summed E-state index contributed by atoms with van der Waals surface area (Å²) < 4.78 is 5.45. The Balaban J connectivity index is 2.35. The van der Waals surface area contributed by atoms with Crippen LogP contribution in [-0.4, -0.2) is 13.2 Å². The molecule has 0 radical (unpaired) electrons. The van der Waals surface area contributed by atoms with Crippen molar-refractivity contribution in [1.82, 2.24) is 5.32 Å². The summed E-state index contributed by atoms with van der Waals surface area (Å²) in [5.41, 5.74) is 4.69. The molecule has 0 fully saturated rings. The van der Waals surface area contributed by atoms with Crippen LogP contribution in [0, 0.1) is 6.92 Å². The van der Waals surface area contributed by atoms with Crippen molar-refractivity contribution in [3.8, 4) is 16.9 Å². The Morgan fingerprint density at radius 3 is 2.48 bits per heavy atom. The van der Waals surface area contributed by atoms with Crippen LogP contribution in [0.5, 0.6) is 5.75 Å². The molecule has 0 aliphatic carbocycles. The van der Waals surface area contributed by atoms with Crippen molar-refractivity contribution in [1.29, 1.82) is 0 Å². The maximum atomic E-state index is 6.13. The molecule has 112 valence electrons. The van der Waals surface area contributed by atoms with Crippen LogP contribution in [0.2, 0.25) is 5.02 Å². The van der Waals surface area contributed by atoms with Crippen molar-refractivity contribution in [2.24, 2.45) is 0 Å². The average Bonchev–Trinajstić information content (AvgIpc) is 2.45. The molecule has 2 aromatic rings. The van der Waals surface area contributed by atoms with Crippen molar-refractivity contribution >= 4 is 11.6 Å². The summed E-state index contributed by atoms with van der Waals surface area (Å²) >= 11 is 6.13. The quantitative estimate of drug-likeness (QED) is 0.855. The van der Waals surface area contributed by atoms with Crippen molar-refractivity contribution in [2.45, 2.75) is 33.4 Å². The first kappa shape index (κ1) is 15.9. The van der Waals surface area contributed by atoms with E-state index >= 15 is 0 Å². The largest absolute Gasteiger partial charge is 0.496 e. The zero-order chi connectivity index (χ0) is 15.4. The lowest BCUT2D eigenvalue weighted by atomic mass is 9.97. The van der Waals surface area contributed by atoms with E-state index in [2.05, 4.69) is 44.3 Å². The van der Waals surface area contributed by atoms with E-state index in [1.807, 2.05) is 18.2 Å². The Labute approximate surface area is 132 Å². The molecule has 0 spiro atoms. The molecule has 2 aromatic carbocycles. The summed E-state index contributed by atoms with van der Waals surface area (Å²) in [4.78, 5) is 0. The maximum absolute atomic E-state index is 6.13. The van der Waals surface area contributed by atoms with E-state index in [-0.39, 0.29) is 0 Å². The molecule has 0 bridgehead atoms. The summed E-state index contributed by atoms with van der Waals surface area (Å²) in [7, 11) is 1.68. The van der Waals surface area contributed by atoms with E-state index in [0.717, 1.165) is 28.4 Å². The molecular formula is C18H22ClNO. The number of rotatable bonds is 5. The van der Waals surface area contributed by atoms with Crippen molar-refractivity contribution in [2.75, 3.05) is 7.11 Å². The van der Waals surface area contributed by atoms with Gasteiger partial charge in [0.15, 0.2) is 0 Å². The van der Waals surface area contributed by atoms with Gasteiger partial charge in [-0.1, -0.05) is 43.6 Å². The highest BCUT2D eigenvalue weighted by molar-refractivity contribution is 6.31. The SMILES string of the molecule is COc1ccc(Cl)cc1-c1ccc(CNC(C)C)cc1C. The minimum Gasteiger partial charge on any atom is -0.496 e. The summed E-state index contributed by atoms with van der Waals surface area (Å²) in [6.07, 6.45) is 0. The lowest BCUT2D eigenvalue weighted by Crippen LogP contribution is -2.21. The first-order valence-corrected chi connectivity index (χ1v) is 7.56. The van der Waals surface area contributed by atoms with E-state index in [4.69, 9.17) is 16.3 Å². The van der Waals surface area contributed by atoms with E-state index < -0.39 is 0 Å². The third-order valence-corrected chi connectivity index (χ3v) is 3.69. The molecular weight excluding hydrogens is 282 g/mol. The molecule has 21 heavy (non-hydrogen) atoms. The van der Waals surface area contributed by atoms with Crippen LogP contribution in [0.4, 0.5) is 0 Å². The number of ether oxygens (including phenoxy) is 1. The summed E-state index contributed by atoms with van der Waals surface area (Å²) in [5.74, 6) is 0.843. The van der Waals surface area contributed by atoms with Gasteiger partial charge < -0.3 is 10.1 Å². The van der Waals surface area contributed by atoms with E-state index in [0.29, 0.717) is 6.04 Å².